The van der Waals surface area contributed by atoms with Gasteiger partial charge in [0.15, 0.2) is 0 Å². The molecule has 0 aliphatic rings. The van der Waals surface area contributed by atoms with Crippen molar-refractivity contribution in [2.75, 3.05) is 6.61 Å². The third-order valence-corrected chi connectivity index (χ3v) is 4.63. The smallest absolute Gasteiger partial charge is 0.342 e. The van der Waals surface area contributed by atoms with E-state index >= 15 is 0 Å². The Hall–Kier alpha value is -4.20. The Bertz CT molecular complexity index is 1080. The van der Waals surface area contributed by atoms with E-state index in [1.54, 1.807) is 0 Å². The summed E-state index contributed by atoms with van der Waals surface area (Å²) in [6, 6.07) is 22.1. The first-order chi connectivity index (χ1) is 16.0. The number of benzene rings is 3. The molecular formula is C25H23NO7. The molecule has 0 amide bonds. The second-order valence-electron chi connectivity index (χ2n) is 7.10. The molecule has 0 aliphatic heterocycles. The summed E-state index contributed by atoms with van der Waals surface area (Å²) >= 11 is 0. The van der Waals surface area contributed by atoms with Crippen LogP contribution in [-0.2, 0) is 27.5 Å². The van der Waals surface area contributed by atoms with Gasteiger partial charge >= 0.3 is 11.9 Å². The van der Waals surface area contributed by atoms with Crippen LogP contribution in [0, 0.1) is 10.1 Å². The molecule has 0 aromatic heterocycles. The van der Waals surface area contributed by atoms with Gasteiger partial charge in [-0.25, -0.2) is 4.79 Å². The van der Waals surface area contributed by atoms with Crippen molar-refractivity contribution in [2.24, 2.45) is 0 Å². The number of rotatable bonds is 11. The third-order valence-electron chi connectivity index (χ3n) is 4.63. The SMILES string of the molecule is O=C(CCCOc1cc([N+](=O)[O-])ccc1C(=O)OCc1ccccc1)OCc1ccccc1. The van der Waals surface area contributed by atoms with Crippen molar-refractivity contribution in [2.45, 2.75) is 26.1 Å². The van der Waals surface area contributed by atoms with Gasteiger partial charge in [0, 0.05) is 12.5 Å². The molecule has 0 atom stereocenters. The van der Waals surface area contributed by atoms with Crippen LogP contribution in [0.15, 0.2) is 78.9 Å². The minimum Gasteiger partial charge on any atom is -0.492 e. The highest BCUT2D eigenvalue weighted by atomic mass is 16.6. The summed E-state index contributed by atoms with van der Waals surface area (Å²) in [5, 5.41) is 11.1. The quantitative estimate of drug-likeness (QED) is 0.178. The van der Waals surface area contributed by atoms with E-state index in [1.807, 2.05) is 60.7 Å². The van der Waals surface area contributed by atoms with Crippen LogP contribution in [-0.4, -0.2) is 23.5 Å². The molecule has 3 aromatic carbocycles. The number of non-ortho nitro benzene ring substituents is 1. The van der Waals surface area contributed by atoms with Crippen molar-refractivity contribution in [1.29, 1.82) is 0 Å². The Morgan fingerprint density at radius 2 is 1.42 bits per heavy atom. The molecule has 8 heteroatoms. The van der Waals surface area contributed by atoms with Gasteiger partial charge in [-0.3, -0.25) is 14.9 Å². The molecule has 0 saturated heterocycles. The van der Waals surface area contributed by atoms with Crippen LogP contribution in [0.5, 0.6) is 5.75 Å². The van der Waals surface area contributed by atoms with E-state index in [4.69, 9.17) is 14.2 Å². The fourth-order valence-electron chi connectivity index (χ4n) is 2.92. The van der Waals surface area contributed by atoms with Crippen LogP contribution in [0.3, 0.4) is 0 Å². The summed E-state index contributed by atoms with van der Waals surface area (Å²) in [4.78, 5) is 35.0. The second-order valence-corrected chi connectivity index (χ2v) is 7.10. The van der Waals surface area contributed by atoms with E-state index < -0.39 is 10.9 Å². The molecule has 170 valence electrons. The van der Waals surface area contributed by atoms with Gasteiger partial charge in [-0.1, -0.05) is 60.7 Å². The van der Waals surface area contributed by atoms with Gasteiger partial charge in [0.05, 0.1) is 17.6 Å². The minimum absolute atomic E-state index is 0.0277. The molecule has 8 nitrogen and oxygen atoms in total. The summed E-state index contributed by atoms with van der Waals surface area (Å²) in [5.74, 6) is -1.02. The maximum Gasteiger partial charge on any atom is 0.342 e. The van der Waals surface area contributed by atoms with Crippen molar-refractivity contribution < 1.29 is 28.7 Å². The maximum absolute atomic E-state index is 12.5. The van der Waals surface area contributed by atoms with E-state index in [1.165, 1.54) is 18.2 Å². The number of ether oxygens (including phenoxy) is 3. The predicted molar refractivity (Wildman–Crippen MR) is 120 cm³/mol. The van der Waals surface area contributed by atoms with Gasteiger partial charge < -0.3 is 14.2 Å². The largest absolute Gasteiger partial charge is 0.492 e. The molecule has 0 N–H and O–H groups in total. The van der Waals surface area contributed by atoms with E-state index in [9.17, 15) is 19.7 Å². The molecule has 0 spiro atoms. The summed E-state index contributed by atoms with van der Waals surface area (Å²) < 4.78 is 16.1. The summed E-state index contributed by atoms with van der Waals surface area (Å²) in [7, 11) is 0. The lowest BCUT2D eigenvalue weighted by atomic mass is 10.1. The average Bonchev–Trinajstić information content (AvgIpc) is 2.85. The summed E-state index contributed by atoms with van der Waals surface area (Å²) in [5.41, 5.74) is 1.55. The highest BCUT2D eigenvalue weighted by Gasteiger charge is 2.19. The highest BCUT2D eigenvalue weighted by molar-refractivity contribution is 5.93. The molecule has 3 aromatic rings. The fraction of sp³-hybridized carbons (Fsp3) is 0.200. The zero-order chi connectivity index (χ0) is 23.5. The third kappa shape index (κ3) is 7.46. The Balaban J connectivity index is 1.54. The van der Waals surface area contributed by atoms with Crippen LogP contribution in [0.25, 0.3) is 0 Å². The number of nitrogens with zero attached hydrogens (tertiary/aromatic N) is 1. The van der Waals surface area contributed by atoms with Gasteiger partial charge in [-0.05, 0) is 23.6 Å². The molecule has 0 heterocycles. The lowest BCUT2D eigenvalue weighted by Gasteiger charge is -2.11. The molecular weight excluding hydrogens is 426 g/mol. The Kier molecular flexibility index (Phi) is 8.53. The normalized spacial score (nSPS) is 10.3. The Morgan fingerprint density at radius 1 is 0.818 bits per heavy atom. The highest BCUT2D eigenvalue weighted by Crippen LogP contribution is 2.26. The van der Waals surface area contributed by atoms with Crippen LogP contribution < -0.4 is 4.74 Å². The topological polar surface area (TPSA) is 105 Å². The number of esters is 2. The number of nitro benzene ring substituents is 1. The lowest BCUT2D eigenvalue weighted by molar-refractivity contribution is -0.384. The van der Waals surface area contributed by atoms with Gasteiger partial charge in [0.2, 0.25) is 0 Å². The number of nitro groups is 1. The number of carbonyl (C=O) groups excluding carboxylic acids is 2. The fourth-order valence-corrected chi connectivity index (χ4v) is 2.92. The van der Waals surface area contributed by atoms with Crippen molar-refractivity contribution in [1.82, 2.24) is 0 Å². The number of hydrogen-bond acceptors (Lipinski definition) is 7. The van der Waals surface area contributed by atoms with Crippen LogP contribution >= 0.6 is 0 Å². The van der Waals surface area contributed by atoms with Gasteiger partial charge in [0.1, 0.15) is 24.5 Å². The van der Waals surface area contributed by atoms with Gasteiger partial charge in [0.25, 0.3) is 5.69 Å². The molecule has 0 bridgehead atoms. The summed E-state index contributed by atoms with van der Waals surface area (Å²) in [6.45, 7) is 0.312. The monoisotopic (exact) mass is 449 g/mol. The lowest BCUT2D eigenvalue weighted by Crippen LogP contribution is -2.11. The van der Waals surface area contributed by atoms with Crippen LogP contribution in [0.1, 0.15) is 34.3 Å². The molecule has 0 fully saturated rings. The van der Waals surface area contributed by atoms with Crippen LogP contribution in [0.2, 0.25) is 0 Å². The molecule has 0 radical (unpaired) electrons. The zero-order valence-corrected chi connectivity index (χ0v) is 17.8. The first kappa shape index (κ1) is 23.5. The summed E-state index contributed by atoms with van der Waals surface area (Å²) in [6.07, 6.45) is 0.421. The molecule has 33 heavy (non-hydrogen) atoms. The molecule has 0 saturated carbocycles. The Morgan fingerprint density at radius 3 is 2.03 bits per heavy atom. The second kappa shape index (κ2) is 12.0. The minimum atomic E-state index is -0.661. The molecule has 3 rings (SSSR count). The average molecular weight is 449 g/mol. The van der Waals surface area contributed by atoms with Crippen molar-refractivity contribution in [3.8, 4) is 5.75 Å². The van der Waals surface area contributed by atoms with Gasteiger partial charge in [-0.15, -0.1) is 0 Å². The molecule has 0 aliphatic carbocycles. The first-order valence-electron chi connectivity index (χ1n) is 10.3. The van der Waals surface area contributed by atoms with Crippen molar-refractivity contribution in [3.05, 3.63) is 106 Å². The standard InChI is InChI=1S/C25H23NO7/c27-24(32-17-19-8-3-1-4-9-19)12-7-15-31-23-16-21(26(29)30)13-14-22(23)25(28)33-18-20-10-5-2-6-11-20/h1-6,8-11,13-14,16H,7,12,15,17-18H2. The zero-order valence-electron chi connectivity index (χ0n) is 17.8. The van der Waals surface area contributed by atoms with E-state index in [2.05, 4.69) is 0 Å². The van der Waals surface area contributed by atoms with E-state index in [-0.39, 0.29) is 49.2 Å². The molecule has 0 unspecified atom stereocenters. The Labute approximate surface area is 190 Å². The van der Waals surface area contributed by atoms with Crippen molar-refractivity contribution >= 4 is 17.6 Å². The number of hydrogen-bond donors (Lipinski definition) is 0. The van der Waals surface area contributed by atoms with E-state index in [0.29, 0.717) is 6.42 Å². The van der Waals surface area contributed by atoms with E-state index in [0.717, 1.165) is 11.1 Å². The number of carbonyl (C=O) groups is 2. The maximum atomic E-state index is 12.5. The first-order valence-corrected chi connectivity index (χ1v) is 10.3. The predicted octanol–water partition coefficient (Wildman–Crippen LogP) is 4.85. The van der Waals surface area contributed by atoms with Crippen molar-refractivity contribution in [3.63, 3.8) is 0 Å². The van der Waals surface area contributed by atoms with Crippen LogP contribution in [0.4, 0.5) is 5.69 Å². The van der Waals surface area contributed by atoms with Gasteiger partial charge in [-0.2, -0.15) is 0 Å².